The molecule has 1 saturated carbocycles. The molecule has 0 amide bonds. The third-order valence-electron chi connectivity index (χ3n) is 5.10. The molecule has 3 nitrogen and oxygen atoms in total. The van der Waals surface area contributed by atoms with Crippen LogP contribution in [-0.4, -0.2) is 60.6 Å². The number of nitrogens with zero attached hydrogens (tertiary/aromatic N) is 2. The monoisotopic (exact) mass is 237 g/mol. The SMILES string of the molecule is CC(CNC1CCN2CCCC12)N(C)C1CC1. The van der Waals surface area contributed by atoms with Gasteiger partial charge in [0, 0.05) is 37.3 Å². The fourth-order valence-corrected chi connectivity index (χ4v) is 3.63. The molecule has 0 aromatic heterocycles. The second kappa shape index (κ2) is 4.87. The summed E-state index contributed by atoms with van der Waals surface area (Å²) in [4.78, 5) is 5.25. The van der Waals surface area contributed by atoms with Crippen molar-refractivity contribution in [1.29, 1.82) is 0 Å². The molecule has 0 spiro atoms. The molecule has 1 aliphatic carbocycles. The number of nitrogens with one attached hydrogen (secondary N) is 1. The van der Waals surface area contributed by atoms with Crippen molar-refractivity contribution in [3.05, 3.63) is 0 Å². The minimum Gasteiger partial charge on any atom is -0.311 e. The van der Waals surface area contributed by atoms with E-state index in [1.54, 1.807) is 0 Å². The third-order valence-corrected chi connectivity index (χ3v) is 5.10. The molecule has 17 heavy (non-hydrogen) atoms. The molecule has 0 aromatic rings. The summed E-state index contributed by atoms with van der Waals surface area (Å²) >= 11 is 0. The van der Waals surface area contributed by atoms with Crippen molar-refractivity contribution >= 4 is 0 Å². The zero-order valence-electron chi connectivity index (χ0n) is 11.4. The van der Waals surface area contributed by atoms with Gasteiger partial charge in [0.2, 0.25) is 0 Å². The van der Waals surface area contributed by atoms with Gasteiger partial charge in [-0.2, -0.15) is 0 Å². The van der Waals surface area contributed by atoms with Crippen molar-refractivity contribution in [2.45, 2.75) is 63.2 Å². The number of hydrogen-bond donors (Lipinski definition) is 1. The van der Waals surface area contributed by atoms with Crippen molar-refractivity contribution in [3.8, 4) is 0 Å². The van der Waals surface area contributed by atoms with Crippen LogP contribution in [0.1, 0.15) is 39.0 Å². The van der Waals surface area contributed by atoms with Gasteiger partial charge in [0.1, 0.15) is 0 Å². The van der Waals surface area contributed by atoms with Gasteiger partial charge in [-0.1, -0.05) is 0 Å². The first-order valence-corrected chi connectivity index (χ1v) is 7.45. The summed E-state index contributed by atoms with van der Waals surface area (Å²) in [6, 6.07) is 3.21. The van der Waals surface area contributed by atoms with Crippen molar-refractivity contribution in [2.75, 3.05) is 26.7 Å². The quantitative estimate of drug-likeness (QED) is 0.777. The number of rotatable bonds is 5. The second-order valence-electron chi connectivity index (χ2n) is 6.29. The number of likely N-dealkylation sites (N-methyl/N-ethyl adjacent to an activating group) is 1. The van der Waals surface area contributed by atoms with Gasteiger partial charge in [0.25, 0.3) is 0 Å². The van der Waals surface area contributed by atoms with Gasteiger partial charge in [-0.3, -0.25) is 9.80 Å². The molecule has 98 valence electrons. The summed E-state index contributed by atoms with van der Waals surface area (Å²) in [5, 5.41) is 3.83. The van der Waals surface area contributed by atoms with Gasteiger partial charge in [0.05, 0.1) is 0 Å². The number of hydrogen-bond acceptors (Lipinski definition) is 3. The minimum absolute atomic E-state index is 0.693. The van der Waals surface area contributed by atoms with Crippen LogP contribution in [0.3, 0.4) is 0 Å². The summed E-state index contributed by atoms with van der Waals surface area (Å²) < 4.78 is 0. The minimum atomic E-state index is 0.693. The van der Waals surface area contributed by atoms with Crippen LogP contribution in [0, 0.1) is 0 Å². The Balaban J connectivity index is 1.44. The van der Waals surface area contributed by atoms with Crippen LogP contribution < -0.4 is 5.32 Å². The lowest BCUT2D eigenvalue weighted by atomic mass is 10.1. The van der Waals surface area contributed by atoms with Gasteiger partial charge in [-0.05, 0) is 52.6 Å². The Kier molecular flexibility index (Phi) is 3.42. The Morgan fingerprint density at radius 3 is 2.82 bits per heavy atom. The maximum atomic E-state index is 3.83. The van der Waals surface area contributed by atoms with Crippen LogP contribution in [0.2, 0.25) is 0 Å². The molecular formula is C14H27N3. The molecule has 3 unspecified atom stereocenters. The average Bonchev–Trinajstić information content (AvgIpc) is 2.94. The lowest BCUT2D eigenvalue weighted by Crippen LogP contribution is -2.46. The Bertz CT molecular complexity index is 264. The zero-order valence-corrected chi connectivity index (χ0v) is 11.4. The molecule has 2 heterocycles. The number of fused-ring (bicyclic) bond motifs is 1. The first-order valence-electron chi connectivity index (χ1n) is 7.45. The fourth-order valence-electron chi connectivity index (χ4n) is 3.63. The van der Waals surface area contributed by atoms with Crippen LogP contribution in [0.4, 0.5) is 0 Å². The lowest BCUT2D eigenvalue weighted by molar-refractivity contribution is 0.227. The predicted octanol–water partition coefficient (Wildman–Crippen LogP) is 1.30. The summed E-state index contributed by atoms with van der Waals surface area (Å²) in [5.41, 5.74) is 0. The van der Waals surface area contributed by atoms with E-state index >= 15 is 0 Å². The molecule has 1 N–H and O–H groups in total. The van der Waals surface area contributed by atoms with Crippen molar-refractivity contribution in [1.82, 2.24) is 15.1 Å². The van der Waals surface area contributed by atoms with Crippen LogP contribution in [0.25, 0.3) is 0 Å². The van der Waals surface area contributed by atoms with Crippen LogP contribution >= 0.6 is 0 Å². The van der Waals surface area contributed by atoms with Gasteiger partial charge in [0.15, 0.2) is 0 Å². The van der Waals surface area contributed by atoms with E-state index in [2.05, 4.69) is 29.1 Å². The molecule has 3 fully saturated rings. The lowest BCUT2D eigenvalue weighted by Gasteiger charge is -2.28. The zero-order chi connectivity index (χ0) is 11.8. The van der Waals surface area contributed by atoms with Crippen molar-refractivity contribution < 1.29 is 0 Å². The van der Waals surface area contributed by atoms with Crippen LogP contribution in [0.15, 0.2) is 0 Å². The van der Waals surface area contributed by atoms with Gasteiger partial charge in [-0.25, -0.2) is 0 Å². The van der Waals surface area contributed by atoms with E-state index in [0.29, 0.717) is 6.04 Å². The molecule has 0 radical (unpaired) electrons. The Hall–Kier alpha value is -0.120. The highest BCUT2D eigenvalue weighted by atomic mass is 15.3. The Morgan fingerprint density at radius 2 is 2.06 bits per heavy atom. The van der Waals surface area contributed by atoms with Crippen LogP contribution in [-0.2, 0) is 0 Å². The first-order chi connectivity index (χ1) is 8.25. The normalized spacial score (nSPS) is 35.5. The third kappa shape index (κ3) is 2.51. The van der Waals surface area contributed by atoms with Gasteiger partial charge in [-0.15, -0.1) is 0 Å². The fraction of sp³-hybridized carbons (Fsp3) is 1.00. The van der Waals surface area contributed by atoms with Gasteiger partial charge < -0.3 is 5.32 Å². The first kappa shape index (κ1) is 11.9. The highest BCUT2D eigenvalue weighted by Gasteiger charge is 2.37. The summed E-state index contributed by atoms with van der Waals surface area (Å²) in [6.07, 6.45) is 7.04. The molecule has 3 heteroatoms. The van der Waals surface area contributed by atoms with E-state index in [-0.39, 0.29) is 0 Å². The predicted molar refractivity (Wildman–Crippen MR) is 71.2 cm³/mol. The van der Waals surface area contributed by atoms with E-state index < -0.39 is 0 Å². The summed E-state index contributed by atoms with van der Waals surface area (Å²) in [7, 11) is 2.29. The van der Waals surface area contributed by atoms with E-state index in [9.17, 15) is 0 Å². The molecule has 3 atom stereocenters. The maximum absolute atomic E-state index is 3.83. The Labute approximate surface area is 106 Å². The summed E-state index contributed by atoms with van der Waals surface area (Å²) in [5.74, 6) is 0. The smallest absolute Gasteiger partial charge is 0.0250 e. The van der Waals surface area contributed by atoms with Crippen molar-refractivity contribution in [3.63, 3.8) is 0 Å². The van der Waals surface area contributed by atoms with Crippen LogP contribution in [0.5, 0.6) is 0 Å². The topological polar surface area (TPSA) is 18.5 Å². The molecular weight excluding hydrogens is 210 g/mol. The highest BCUT2D eigenvalue weighted by Crippen LogP contribution is 2.29. The van der Waals surface area contributed by atoms with E-state index in [4.69, 9.17) is 0 Å². The molecule has 3 aliphatic rings. The summed E-state index contributed by atoms with van der Waals surface area (Å²) in [6.45, 7) is 6.21. The largest absolute Gasteiger partial charge is 0.311 e. The second-order valence-corrected chi connectivity index (χ2v) is 6.29. The maximum Gasteiger partial charge on any atom is 0.0250 e. The van der Waals surface area contributed by atoms with E-state index in [1.807, 2.05) is 0 Å². The van der Waals surface area contributed by atoms with Gasteiger partial charge >= 0.3 is 0 Å². The van der Waals surface area contributed by atoms with Crippen molar-refractivity contribution in [2.24, 2.45) is 0 Å². The average molecular weight is 237 g/mol. The standard InChI is InChI=1S/C14H27N3/c1-11(16(2)12-5-6-12)10-15-13-7-9-17-8-3-4-14(13)17/h11-15H,3-10H2,1-2H3. The Morgan fingerprint density at radius 1 is 1.24 bits per heavy atom. The van der Waals surface area contributed by atoms with E-state index in [0.717, 1.165) is 18.1 Å². The molecule has 0 bridgehead atoms. The molecule has 2 saturated heterocycles. The molecule has 2 aliphatic heterocycles. The molecule has 3 rings (SSSR count). The molecule has 0 aromatic carbocycles. The van der Waals surface area contributed by atoms with E-state index in [1.165, 1.54) is 51.7 Å². The highest BCUT2D eigenvalue weighted by molar-refractivity contribution is 4.96.